The van der Waals surface area contributed by atoms with Crippen LogP contribution in [0.1, 0.15) is 16.1 Å². The van der Waals surface area contributed by atoms with Gasteiger partial charge in [0.05, 0.1) is 12.7 Å². The minimum absolute atomic E-state index is 0.338. The first-order valence-corrected chi connectivity index (χ1v) is 6.37. The number of carbonyl (C=O) groups excluding carboxylic acids is 1. The van der Waals surface area contributed by atoms with Crippen molar-refractivity contribution in [2.75, 3.05) is 7.11 Å². The second-order valence-electron chi connectivity index (χ2n) is 4.65. The number of ether oxygens (including phenoxy) is 1. The summed E-state index contributed by atoms with van der Waals surface area (Å²) in [5, 5.41) is 1.06. The van der Waals surface area contributed by atoms with Crippen LogP contribution in [0.4, 0.5) is 0 Å². The summed E-state index contributed by atoms with van der Waals surface area (Å²) in [6.07, 6.45) is 0. The number of esters is 1. The van der Waals surface area contributed by atoms with Crippen LogP contribution in [-0.2, 0) is 4.74 Å². The Balaban J connectivity index is 2.18. The number of fused-ring (bicyclic) bond motifs is 1. The first kappa shape index (κ1) is 12.5. The van der Waals surface area contributed by atoms with Gasteiger partial charge < -0.3 is 9.15 Å². The van der Waals surface area contributed by atoms with Gasteiger partial charge in [-0.15, -0.1) is 0 Å². The summed E-state index contributed by atoms with van der Waals surface area (Å²) in [5.74, 6) is 0.534. The van der Waals surface area contributed by atoms with Gasteiger partial charge in [-0.3, -0.25) is 0 Å². The average Bonchev–Trinajstić information content (AvgIpc) is 2.86. The normalized spacial score (nSPS) is 10.7. The SMILES string of the molecule is COC(=O)c1cccc(-c2cccc3cc(C)oc23)c1. The van der Waals surface area contributed by atoms with Crippen LogP contribution in [-0.4, -0.2) is 13.1 Å². The van der Waals surface area contributed by atoms with Gasteiger partial charge in [0.2, 0.25) is 0 Å². The molecule has 0 spiro atoms. The molecule has 0 saturated heterocycles. The Bertz CT molecular complexity index is 784. The van der Waals surface area contributed by atoms with Crippen molar-refractivity contribution in [3.05, 3.63) is 59.9 Å². The number of aryl methyl sites for hydroxylation is 1. The van der Waals surface area contributed by atoms with Gasteiger partial charge in [-0.25, -0.2) is 4.79 Å². The largest absolute Gasteiger partial charge is 0.465 e. The molecule has 1 aromatic heterocycles. The molecule has 0 atom stereocenters. The zero-order chi connectivity index (χ0) is 14.1. The lowest BCUT2D eigenvalue weighted by molar-refractivity contribution is 0.0601. The molecule has 0 saturated carbocycles. The minimum Gasteiger partial charge on any atom is -0.465 e. The van der Waals surface area contributed by atoms with Crippen LogP contribution < -0.4 is 0 Å². The van der Waals surface area contributed by atoms with E-state index >= 15 is 0 Å². The molecule has 1 heterocycles. The van der Waals surface area contributed by atoms with Crippen LogP contribution >= 0.6 is 0 Å². The van der Waals surface area contributed by atoms with Crippen molar-refractivity contribution in [2.45, 2.75) is 6.92 Å². The molecular formula is C17H14O3. The summed E-state index contributed by atoms with van der Waals surface area (Å²) in [6, 6.07) is 15.3. The fraction of sp³-hybridized carbons (Fsp3) is 0.118. The number of hydrogen-bond acceptors (Lipinski definition) is 3. The first-order chi connectivity index (χ1) is 9.69. The summed E-state index contributed by atoms with van der Waals surface area (Å²) < 4.78 is 10.5. The molecule has 0 bridgehead atoms. The molecule has 0 aliphatic carbocycles. The van der Waals surface area contributed by atoms with Gasteiger partial charge in [0.15, 0.2) is 0 Å². The molecule has 0 radical (unpaired) electrons. The second kappa shape index (κ2) is 4.85. The predicted molar refractivity (Wildman–Crippen MR) is 77.7 cm³/mol. The molecule has 0 N–H and O–H groups in total. The highest BCUT2D eigenvalue weighted by atomic mass is 16.5. The molecule has 20 heavy (non-hydrogen) atoms. The monoisotopic (exact) mass is 266 g/mol. The number of methoxy groups -OCH3 is 1. The van der Waals surface area contributed by atoms with Crippen LogP contribution in [0.3, 0.4) is 0 Å². The second-order valence-corrected chi connectivity index (χ2v) is 4.65. The molecule has 3 rings (SSSR count). The summed E-state index contributed by atoms with van der Waals surface area (Å²) in [5.41, 5.74) is 3.28. The van der Waals surface area contributed by atoms with E-state index in [1.165, 1.54) is 7.11 Å². The molecular weight excluding hydrogens is 252 g/mol. The molecule has 0 amide bonds. The van der Waals surface area contributed by atoms with Crippen LogP contribution in [0.15, 0.2) is 52.9 Å². The molecule has 100 valence electrons. The van der Waals surface area contributed by atoms with E-state index < -0.39 is 0 Å². The first-order valence-electron chi connectivity index (χ1n) is 6.37. The number of para-hydroxylation sites is 1. The quantitative estimate of drug-likeness (QED) is 0.653. The maximum atomic E-state index is 11.6. The highest BCUT2D eigenvalue weighted by molar-refractivity contribution is 5.95. The molecule has 3 aromatic rings. The molecule has 2 aromatic carbocycles. The molecule has 0 fully saturated rings. The fourth-order valence-electron chi connectivity index (χ4n) is 2.35. The van der Waals surface area contributed by atoms with Crippen molar-refractivity contribution in [2.24, 2.45) is 0 Å². The van der Waals surface area contributed by atoms with Crippen molar-refractivity contribution in [1.29, 1.82) is 0 Å². The molecule has 0 unspecified atom stereocenters. The lowest BCUT2D eigenvalue weighted by atomic mass is 10.0. The van der Waals surface area contributed by atoms with Crippen LogP contribution in [0.5, 0.6) is 0 Å². The lowest BCUT2D eigenvalue weighted by Gasteiger charge is -2.05. The van der Waals surface area contributed by atoms with Gasteiger partial charge in [-0.2, -0.15) is 0 Å². The van der Waals surface area contributed by atoms with Gasteiger partial charge in [0, 0.05) is 10.9 Å². The molecule has 3 heteroatoms. The Morgan fingerprint density at radius 2 is 1.90 bits per heavy atom. The lowest BCUT2D eigenvalue weighted by Crippen LogP contribution is -2.00. The van der Waals surface area contributed by atoms with Gasteiger partial charge >= 0.3 is 5.97 Å². The van der Waals surface area contributed by atoms with E-state index in [4.69, 9.17) is 9.15 Å². The number of hydrogen-bond donors (Lipinski definition) is 0. The predicted octanol–water partition coefficient (Wildman–Crippen LogP) is 4.19. The van der Waals surface area contributed by atoms with E-state index in [9.17, 15) is 4.79 Å². The maximum Gasteiger partial charge on any atom is 0.337 e. The van der Waals surface area contributed by atoms with E-state index in [1.54, 1.807) is 6.07 Å². The highest BCUT2D eigenvalue weighted by Crippen LogP contribution is 2.31. The average molecular weight is 266 g/mol. The van der Waals surface area contributed by atoms with Crippen molar-refractivity contribution in [3.8, 4) is 11.1 Å². The van der Waals surface area contributed by atoms with Crippen LogP contribution in [0.2, 0.25) is 0 Å². The fourth-order valence-corrected chi connectivity index (χ4v) is 2.35. The summed E-state index contributed by atoms with van der Waals surface area (Å²) in [6.45, 7) is 1.93. The van der Waals surface area contributed by atoms with Gasteiger partial charge in [0.1, 0.15) is 11.3 Å². The minimum atomic E-state index is -0.338. The molecule has 3 nitrogen and oxygen atoms in total. The Kier molecular flexibility index (Phi) is 3.03. The zero-order valence-electron chi connectivity index (χ0n) is 11.3. The van der Waals surface area contributed by atoms with E-state index in [2.05, 4.69) is 0 Å². The van der Waals surface area contributed by atoms with E-state index in [-0.39, 0.29) is 5.97 Å². The Hall–Kier alpha value is -2.55. The van der Waals surface area contributed by atoms with Crippen LogP contribution in [0, 0.1) is 6.92 Å². The zero-order valence-corrected chi connectivity index (χ0v) is 11.3. The Labute approximate surface area is 116 Å². The third kappa shape index (κ3) is 2.07. The number of furan rings is 1. The summed E-state index contributed by atoms with van der Waals surface area (Å²) >= 11 is 0. The smallest absolute Gasteiger partial charge is 0.337 e. The highest BCUT2D eigenvalue weighted by Gasteiger charge is 2.11. The van der Waals surface area contributed by atoms with Crippen molar-refractivity contribution in [3.63, 3.8) is 0 Å². The molecule has 0 aliphatic heterocycles. The van der Waals surface area contributed by atoms with Crippen molar-refractivity contribution in [1.82, 2.24) is 0 Å². The topological polar surface area (TPSA) is 39.4 Å². The number of benzene rings is 2. The standard InChI is InChI=1S/C17H14O3/c1-11-9-13-6-4-8-15(16(13)20-11)12-5-3-7-14(10-12)17(18)19-2/h3-10H,1-2H3. The molecule has 0 aliphatic rings. The van der Waals surface area contributed by atoms with Crippen molar-refractivity contribution >= 4 is 16.9 Å². The summed E-state index contributed by atoms with van der Waals surface area (Å²) in [7, 11) is 1.38. The van der Waals surface area contributed by atoms with Crippen molar-refractivity contribution < 1.29 is 13.9 Å². The third-order valence-electron chi connectivity index (χ3n) is 3.26. The maximum absolute atomic E-state index is 11.6. The van der Waals surface area contributed by atoms with Gasteiger partial charge in [-0.05, 0) is 30.7 Å². The van der Waals surface area contributed by atoms with E-state index in [1.807, 2.05) is 49.4 Å². The summed E-state index contributed by atoms with van der Waals surface area (Å²) in [4.78, 5) is 11.6. The number of carbonyl (C=O) groups is 1. The Morgan fingerprint density at radius 1 is 1.10 bits per heavy atom. The Morgan fingerprint density at radius 3 is 2.70 bits per heavy atom. The third-order valence-corrected chi connectivity index (χ3v) is 3.26. The van der Waals surface area contributed by atoms with Crippen LogP contribution in [0.25, 0.3) is 22.1 Å². The van der Waals surface area contributed by atoms with Gasteiger partial charge in [-0.1, -0.05) is 30.3 Å². The number of rotatable bonds is 2. The van der Waals surface area contributed by atoms with Gasteiger partial charge in [0.25, 0.3) is 0 Å². The van der Waals surface area contributed by atoms with E-state index in [0.717, 1.165) is 27.9 Å². The van der Waals surface area contributed by atoms with E-state index in [0.29, 0.717) is 5.56 Å².